The van der Waals surface area contributed by atoms with Crippen molar-refractivity contribution in [3.8, 4) is 0 Å². The highest BCUT2D eigenvalue weighted by atomic mass is 32.2. The molecular weight excluding hydrogens is 396 g/mol. The zero-order valence-electron chi connectivity index (χ0n) is 15.9. The number of fused-ring (bicyclic) bond motifs is 2. The van der Waals surface area contributed by atoms with Gasteiger partial charge in [0.15, 0.2) is 10.9 Å². The number of benzene rings is 2. The molecule has 4 rings (SSSR count). The number of thioether (sulfide) groups is 1. The summed E-state index contributed by atoms with van der Waals surface area (Å²) in [6.45, 7) is 1.06. The predicted octanol–water partition coefficient (Wildman–Crippen LogP) is 4.70. The first-order valence-electron chi connectivity index (χ1n) is 9.24. The van der Waals surface area contributed by atoms with Crippen molar-refractivity contribution < 1.29 is 18.4 Å². The van der Waals surface area contributed by atoms with Crippen molar-refractivity contribution in [2.24, 2.45) is 0 Å². The molecule has 0 fully saturated rings. The molecule has 0 saturated carbocycles. The summed E-state index contributed by atoms with van der Waals surface area (Å²) in [5.74, 6) is -0.190. The minimum atomic E-state index is -2.75. The first kappa shape index (κ1) is 19.6. The van der Waals surface area contributed by atoms with Crippen molar-refractivity contribution in [2.45, 2.75) is 37.2 Å². The number of alkyl halides is 2. The summed E-state index contributed by atoms with van der Waals surface area (Å²) in [4.78, 5) is 30.6. The Morgan fingerprint density at radius 3 is 2.66 bits per heavy atom. The third-order valence-corrected chi connectivity index (χ3v) is 6.12. The normalized spacial score (nSPS) is 14.4. The van der Waals surface area contributed by atoms with Crippen LogP contribution in [0.1, 0.15) is 36.3 Å². The van der Waals surface area contributed by atoms with E-state index < -0.39 is 11.8 Å². The number of nitrogens with zero attached hydrogens (tertiary/aromatic N) is 3. The summed E-state index contributed by atoms with van der Waals surface area (Å²) < 4.78 is 28.1. The molecule has 150 valence electrons. The molecule has 1 aliphatic rings. The maximum absolute atomic E-state index is 13.6. The molecule has 0 radical (unpaired) electrons. The standard InChI is InChI=1S/C21H19F2N3O2S/c1-12(29-21-24-16-5-3-4-6-18(16)26(21)20(22)23)19(28)15-7-8-17-14(11-15)9-10-25(17)13(2)27/h3-8,11-12,20H,9-10H2,1-2H3/t12-/m0/s1. The Morgan fingerprint density at radius 1 is 1.17 bits per heavy atom. The van der Waals surface area contributed by atoms with Crippen LogP contribution >= 0.6 is 11.8 Å². The maximum Gasteiger partial charge on any atom is 0.321 e. The van der Waals surface area contributed by atoms with Gasteiger partial charge in [-0.3, -0.25) is 14.2 Å². The Balaban J connectivity index is 1.59. The van der Waals surface area contributed by atoms with Crippen molar-refractivity contribution in [1.82, 2.24) is 9.55 Å². The van der Waals surface area contributed by atoms with Gasteiger partial charge in [0.25, 0.3) is 0 Å². The molecule has 1 aromatic heterocycles. The van der Waals surface area contributed by atoms with Gasteiger partial charge in [0, 0.05) is 24.7 Å². The van der Waals surface area contributed by atoms with Crippen molar-refractivity contribution in [1.29, 1.82) is 0 Å². The highest BCUT2D eigenvalue weighted by molar-refractivity contribution is 8.00. The van der Waals surface area contributed by atoms with Gasteiger partial charge in [-0.25, -0.2) is 4.98 Å². The molecule has 0 N–H and O–H groups in total. The number of para-hydroxylation sites is 2. The van der Waals surface area contributed by atoms with E-state index in [9.17, 15) is 18.4 Å². The van der Waals surface area contributed by atoms with Crippen LogP contribution in [0.3, 0.4) is 0 Å². The zero-order valence-corrected chi connectivity index (χ0v) is 16.7. The first-order valence-corrected chi connectivity index (χ1v) is 10.1. The summed E-state index contributed by atoms with van der Waals surface area (Å²) in [5.41, 5.74) is 3.09. The highest BCUT2D eigenvalue weighted by Crippen LogP contribution is 2.34. The predicted molar refractivity (Wildman–Crippen MR) is 109 cm³/mol. The lowest BCUT2D eigenvalue weighted by atomic mass is 10.0. The van der Waals surface area contributed by atoms with Gasteiger partial charge < -0.3 is 4.90 Å². The number of Topliss-reactive ketones (excluding diaryl/α,β-unsaturated/α-hetero) is 1. The lowest BCUT2D eigenvalue weighted by Crippen LogP contribution is -2.25. The molecule has 1 aliphatic heterocycles. The number of carbonyl (C=O) groups excluding carboxylic acids is 2. The molecule has 2 heterocycles. The Bertz CT molecular complexity index is 1110. The molecule has 3 aromatic rings. The fourth-order valence-corrected chi connectivity index (χ4v) is 4.62. The highest BCUT2D eigenvalue weighted by Gasteiger charge is 2.26. The maximum atomic E-state index is 13.6. The molecule has 2 aromatic carbocycles. The van der Waals surface area contributed by atoms with Gasteiger partial charge in [-0.2, -0.15) is 8.78 Å². The summed E-state index contributed by atoms with van der Waals surface area (Å²) >= 11 is 1.02. The lowest BCUT2D eigenvalue weighted by Gasteiger charge is -2.15. The van der Waals surface area contributed by atoms with Gasteiger partial charge in [0.05, 0.1) is 16.3 Å². The van der Waals surface area contributed by atoms with Crippen molar-refractivity contribution in [2.75, 3.05) is 11.4 Å². The van der Waals surface area contributed by atoms with Crippen LogP contribution in [0.4, 0.5) is 14.5 Å². The summed E-state index contributed by atoms with van der Waals surface area (Å²) in [6.07, 6.45) is 0.693. The van der Waals surface area contributed by atoms with Gasteiger partial charge in [-0.05, 0) is 49.2 Å². The topological polar surface area (TPSA) is 55.2 Å². The average Bonchev–Trinajstić information content (AvgIpc) is 3.27. The van der Waals surface area contributed by atoms with Crippen LogP contribution < -0.4 is 4.90 Å². The fraction of sp³-hybridized carbons (Fsp3) is 0.286. The molecule has 29 heavy (non-hydrogen) atoms. The number of imidazole rings is 1. The van der Waals surface area contributed by atoms with Gasteiger partial charge in [0.1, 0.15) is 0 Å². The van der Waals surface area contributed by atoms with Gasteiger partial charge in [-0.1, -0.05) is 23.9 Å². The van der Waals surface area contributed by atoms with Crippen LogP contribution in [0.2, 0.25) is 0 Å². The number of halogens is 2. The molecule has 0 spiro atoms. The SMILES string of the molecule is CC(=O)N1CCc2cc(C(=O)[C@H](C)Sc3nc4ccccc4n3C(F)F)ccc21. The summed E-state index contributed by atoms with van der Waals surface area (Å²) in [5, 5.41) is -0.473. The van der Waals surface area contributed by atoms with Crippen molar-refractivity contribution in [3.05, 3.63) is 53.6 Å². The molecule has 1 amide bonds. The van der Waals surface area contributed by atoms with Crippen LogP contribution in [0.25, 0.3) is 11.0 Å². The quantitative estimate of drug-likeness (QED) is 0.448. The Hall–Kier alpha value is -2.74. The molecule has 1 atom stereocenters. The van der Waals surface area contributed by atoms with Crippen LogP contribution in [0.15, 0.2) is 47.6 Å². The molecule has 0 aliphatic carbocycles. The molecule has 0 saturated heterocycles. The zero-order chi connectivity index (χ0) is 20.7. The van der Waals surface area contributed by atoms with Crippen LogP contribution in [0, 0.1) is 0 Å². The third-order valence-electron chi connectivity index (χ3n) is 5.05. The average molecular weight is 415 g/mol. The number of hydrogen-bond acceptors (Lipinski definition) is 4. The number of amides is 1. The molecular formula is C21H19F2N3O2S. The smallest absolute Gasteiger partial charge is 0.312 e. The lowest BCUT2D eigenvalue weighted by molar-refractivity contribution is -0.116. The van der Waals surface area contributed by atoms with Crippen LogP contribution in [0.5, 0.6) is 0 Å². The van der Waals surface area contributed by atoms with E-state index in [0.29, 0.717) is 29.6 Å². The second-order valence-electron chi connectivity index (χ2n) is 6.92. The summed E-state index contributed by atoms with van der Waals surface area (Å²) in [7, 11) is 0. The number of ketones is 1. The number of anilines is 1. The van der Waals surface area contributed by atoms with Gasteiger partial charge in [-0.15, -0.1) is 0 Å². The summed E-state index contributed by atoms with van der Waals surface area (Å²) in [6, 6.07) is 12.0. The van der Waals surface area contributed by atoms with E-state index in [4.69, 9.17) is 0 Å². The number of rotatable bonds is 5. The van der Waals surface area contributed by atoms with Gasteiger partial charge >= 0.3 is 6.55 Å². The second kappa shape index (κ2) is 7.59. The van der Waals surface area contributed by atoms with Crippen molar-refractivity contribution >= 4 is 40.2 Å². The number of carbonyl (C=O) groups is 2. The Kier molecular flexibility index (Phi) is 5.12. The van der Waals surface area contributed by atoms with E-state index in [1.54, 1.807) is 54.3 Å². The molecule has 0 unspecified atom stereocenters. The van der Waals surface area contributed by atoms with Crippen LogP contribution in [-0.4, -0.2) is 33.0 Å². The van der Waals surface area contributed by atoms with E-state index in [2.05, 4.69) is 4.98 Å². The van der Waals surface area contributed by atoms with Gasteiger partial charge in [0.2, 0.25) is 5.91 Å². The van der Waals surface area contributed by atoms with E-state index in [-0.39, 0.29) is 16.8 Å². The fourth-order valence-electron chi connectivity index (χ4n) is 3.62. The number of hydrogen-bond donors (Lipinski definition) is 0. The van der Waals surface area contributed by atoms with E-state index in [0.717, 1.165) is 27.6 Å². The monoisotopic (exact) mass is 415 g/mol. The Morgan fingerprint density at radius 2 is 1.93 bits per heavy atom. The number of aromatic nitrogens is 2. The Labute approximate surface area is 170 Å². The minimum absolute atomic E-state index is 0.0300. The van der Waals surface area contributed by atoms with E-state index >= 15 is 0 Å². The molecule has 5 nitrogen and oxygen atoms in total. The minimum Gasteiger partial charge on any atom is -0.312 e. The molecule has 8 heteroatoms. The molecule has 0 bridgehead atoms. The van der Waals surface area contributed by atoms with E-state index in [1.807, 2.05) is 0 Å². The second-order valence-corrected chi connectivity index (χ2v) is 8.23. The third kappa shape index (κ3) is 3.53. The van der Waals surface area contributed by atoms with Crippen molar-refractivity contribution in [3.63, 3.8) is 0 Å². The largest absolute Gasteiger partial charge is 0.321 e. The first-order chi connectivity index (χ1) is 13.9. The van der Waals surface area contributed by atoms with Crippen LogP contribution in [-0.2, 0) is 11.2 Å². The van der Waals surface area contributed by atoms with E-state index in [1.165, 1.54) is 6.92 Å².